The highest BCUT2D eigenvalue weighted by atomic mass is 16.6. The summed E-state index contributed by atoms with van der Waals surface area (Å²) in [4.78, 5) is 5.14. The third kappa shape index (κ3) is 4.30. The van der Waals surface area contributed by atoms with Crippen molar-refractivity contribution in [2.24, 2.45) is 16.0 Å². The predicted octanol–water partition coefficient (Wildman–Crippen LogP) is 3.47. The lowest BCUT2D eigenvalue weighted by Gasteiger charge is -2.31. The molecule has 0 aromatic carbocycles. The molecule has 78 valence electrons. The molecular formula is C11H23NO. The SMILES string of the molecule is CCON=C(C(C)(C)C)C(C)(C)C. The molecule has 0 unspecified atom stereocenters. The number of hydrogen-bond acceptors (Lipinski definition) is 2. The van der Waals surface area contributed by atoms with Crippen LogP contribution in [0.3, 0.4) is 0 Å². The molecule has 0 rings (SSSR count). The van der Waals surface area contributed by atoms with E-state index in [0.29, 0.717) is 6.61 Å². The molecule has 2 nitrogen and oxygen atoms in total. The molecule has 0 heterocycles. The Labute approximate surface area is 82.4 Å². The van der Waals surface area contributed by atoms with Gasteiger partial charge in [-0.05, 0) is 6.92 Å². The monoisotopic (exact) mass is 185 g/mol. The first-order valence-corrected chi connectivity index (χ1v) is 4.90. The molecule has 0 atom stereocenters. The summed E-state index contributed by atoms with van der Waals surface area (Å²) in [5.74, 6) is 0. The summed E-state index contributed by atoms with van der Waals surface area (Å²) in [7, 11) is 0. The quantitative estimate of drug-likeness (QED) is 0.477. The molecule has 0 aromatic rings. The number of oxime groups is 1. The third-order valence-corrected chi connectivity index (χ3v) is 1.71. The average molecular weight is 185 g/mol. The van der Waals surface area contributed by atoms with E-state index in [1.807, 2.05) is 6.92 Å². The molecule has 0 radical (unpaired) electrons. The second kappa shape index (κ2) is 4.12. The van der Waals surface area contributed by atoms with Gasteiger partial charge >= 0.3 is 0 Å². The zero-order valence-corrected chi connectivity index (χ0v) is 10.1. The van der Waals surface area contributed by atoms with Gasteiger partial charge in [0.05, 0.1) is 5.71 Å². The topological polar surface area (TPSA) is 21.6 Å². The summed E-state index contributed by atoms with van der Waals surface area (Å²) in [6.45, 7) is 15.6. The van der Waals surface area contributed by atoms with Gasteiger partial charge in [0.15, 0.2) is 0 Å². The van der Waals surface area contributed by atoms with Crippen molar-refractivity contribution in [1.29, 1.82) is 0 Å². The summed E-state index contributed by atoms with van der Waals surface area (Å²) in [6, 6.07) is 0. The van der Waals surface area contributed by atoms with Crippen molar-refractivity contribution in [3.63, 3.8) is 0 Å². The van der Waals surface area contributed by atoms with Crippen molar-refractivity contribution in [3.8, 4) is 0 Å². The normalized spacial score (nSPS) is 12.5. The first-order chi connectivity index (χ1) is 5.69. The Hall–Kier alpha value is -0.530. The van der Waals surface area contributed by atoms with Crippen LogP contribution < -0.4 is 0 Å². The first kappa shape index (κ1) is 12.5. The molecule has 0 aromatic heterocycles. The van der Waals surface area contributed by atoms with E-state index >= 15 is 0 Å². The second-order valence-corrected chi connectivity index (χ2v) is 5.36. The van der Waals surface area contributed by atoms with Crippen LogP contribution >= 0.6 is 0 Å². The van der Waals surface area contributed by atoms with Crippen molar-refractivity contribution in [1.82, 2.24) is 0 Å². The Morgan fingerprint density at radius 1 is 1.00 bits per heavy atom. The number of hydrogen-bond donors (Lipinski definition) is 0. The summed E-state index contributed by atoms with van der Waals surface area (Å²) >= 11 is 0. The van der Waals surface area contributed by atoms with Gasteiger partial charge in [0.25, 0.3) is 0 Å². The van der Waals surface area contributed by atoms with Gasteiger partial charge in [-0.15, -0.1) is 0 Å². The van der Waals surface area contributed by atoms with E-state index in [9.17, 15) is 0 Å². The largest absolute Gasteiger partial charge is 0.396 e. The van der Waals surface area contributed by atoms with E-state index in [0.717, 1.165) is 5.71 Å². The van der Waals surface area contributed by atoms with Crippen molar-refractivity contribution in [2.45, 2.75) is 48.5 Å². The van der Waals surface area contributed by atoms with Gasteiger partial charge in [0.1, 0.15) is 6.61 Å². The van der Waals surface area contributed by atoms with E-state index in [-0.39, 0.29) is 10.8 Å². The van der Waals surface area contributed by atoms with Crippen LogP contribution in [-0.4, -0.2) is 12.3 Å². The molecule has 0 fully saturated rings. The van der Waals surface area contributed by atoms with Crippen LogP contribution in [0, 0.1) is 10.8 Å². The molecule has 0 saturated carbocycles. The minimum atomic E-state index is 0.0768. The van der Waals surface area contributed by atoms with Crippen molar-refractivity contribution >= 4 is 5.71 Å². The van der Waals surface area contributed by atoms with Gasteiger partial charge in [-0.1, -0.05) is 46.7 Å². The van der Waals surface area contributed by atoms with Crippen molar-refractivity contribution < 1.29 is 4.84 Å². The predicted molar refractivity (Wildman–Crippen MR) is 58.0 cm³/mol. The van der Waals surface area contributed by atoms with Gasteiger partial charge < -0.3 is 4.84 Å². The van der Waals surface area contributed by atoms with Gasteiger partial charge in [0.2, 0.25) is 0 Å². The third-order valence-electron chi connectivity index (χ3n) is 1.71. The molecule has 0 amide bonds. The lowest BCUT2D eigenvalue weighted by molar-refractivity contribution is 0.151. The Balaban J connectivity index is 4.78. The van der Waals surface area contributed by atoms with Gasteiger partial charge in [-0.3, -0.25) is 0 Å². The van der Waals surface area contributed by atoms with Crippen LogP contribution in [-0.2, 0) is 4.84 Å². The maximum Gasteiger partial charge on any atom is 0.114 e. The fourth-order valence-electron chi connectivity index (χ4n) is 1.53. The molecule has 0 aliphatic carbocycles. The van der Waals surface area contributed by atoms with Crippen LogP contribution in [0.25, 0.3) is 0 Å². The first-order valence-electron chi connectivity index (χ1n) is 4.90. The minimum absolute atomic E-state index is 0.0768. The van der Waals surface area contributed by atoms with Crippen molar-refractivity contribution in [3.05, 3.63) is 0 Å². The highest BCUT2D eigenvalue weighted by Crippen LogP contribution is 2.29. The smallest absolute Gasteiger partial charge is 0.114 e. The molecular weight excluding hydrogens is 162 g/mol. The molecule has 0 N–H and O–H groups in total. The molecule has 2 heteroatoms. The maximum atomic E-state index is 5.14. The molecule has 13 heavy (non-hydrogen) atoms. The van der Waals surface area contributed by atoms with Gasteiger partial charge in [0, 0.05) is 10.8 Å². The highest BCUT2D eigenvalue weighted by Gasteiger charge is 2.30. The Morgan fingerprint density at radius 3 is 1.62 bits per heavy atom. The zero-order chi connectivity index (χ0) is 10.7. The Kier molecular flexibility index (Phi) is 3.95. The Bertz CT molecular complexity index is 165. The lowest BCUT2D eigenvalue weighted by Crippen LogP contribution is -2.33. The summed E-state index contributed by atoms with van der Waals surface area (Å²) < 4.78 is 0. The summed E-state index contributed by atoms with van der Waals surface area (Å²) in [5.41, 5.74) is 1.27. The number of nitrogens with zero attached hydrogens (tertiary/aromatic N) is 1. The highest BCUT2D eigenvalue weighted by molar-refractivity contribution is 5.93. The second-order valence-electron chi connectivity index (χ2n) is 5.36. The summed E-state index contributed by atoms with van der Waals surface area (Å²) in [6.07, 6.45) is 0. The fourth-order valence-corrected chi connectivity index (χ4v) is 1.53. The molecule has 0 aliphatic heterocycles. The van der Waals surface area contributed by atoms with Gasteiger partial charge in [-0.2, -0.15) is 0 Å². The summed E-state index contributed by atoms with van der Waals surface area (Å²) in [5, 5.41) is 4.20. The Morgan fingerprint density at radius 2 is 1.38 bits per heavy atom. The van der Waals surface area contributed by atoms with E-state index in [4.69, 9.17) is 4.84 Å². The van der Waals surface area contributed by atoms with Crippen LogP contribution in [0.4, 0.5) is 0 Å². The molecule has 0 saturated heterocycles. The molecule has 0 spiro atoms. The van der Waals surface area contributed by atoms with Crippen LogP contribution in [0.1, 0.15) is 48.5 Å². The molecule has 0 bridgehead atoms. The van der Waals surface area contributed by atoms with E-state index < -0.39 is 0 Å². The zero-order valence-electron chi connectivity index (χ0n) is 10.1. The molecule has 0 aliphatic rings. The number of rotatable bonds is 2. The van der Waals surface area contributed by atoms with E-state index in [2.05, 4.69) is 46.7 Å². The van der Waals surface area contributed by atoms with E-state index in [1.54, 1.807) is 0 Å². The lowest BCUT2D eigenvalue weighted by atomic mass is 9.75. The van der Waals surface area contributed by atoms with Crippen LogP contribution in [0.2, 0.25) is 0 Å². The van der Waals surface area contributed by atoms with E-state index in [1.165, 1.54) is 0 Å². The van der Waals surface area contributed by atoms with Crippen LogP contribution in [0.5, 0.6) is 0 Å². The van der Waals surface area contributed by atoms with Gasteiger partial charge in [-0.25, -0.2) is 0 Å². The fraction of sp³-hybridized carbons (Fsp3) is 0.909. The van der Waals surface area contributed by atoms with Crippen LogP contribution in [0.15, 0.2) is 5.16 Å². The minimum Gasteiger partial charge on any atom is -0.396 e. The maximum absolute atomic E-state index is 5.14. The standard InChI is InChI=1S/C11H23NO/c1-8-13-12-9(10(2,3)4)11(5,6)7/h8H2,1-7H3. The average Bonchev–Trinajstić information content (AvgIpc) is 1.81. The van der Waals surface area contributed by atoms with Crippen molar-refractivity contribution in [2.75, 3.05) is 6.61 Å².